The topological polar surface area (TPSA) is 83.1 Å². The summed E-state index contributed by atoms with van der Waals surface area (Å²) in [7, 11) is 1.69. The van der Waals surface area contributed by atoms with Crippen LogP contribution >= 0.6 is 0 Å². The van der Waals surface area contributed by atoms with Gasteiger partial charge in [-0.3, -0.25) is 9.59 Å². The van der Waals surface area contributed by atoms with Crippen LogP contribution in [0.15, 0.2) is 72.8 Å². The maximum absolute atomic E-state index is 13.2. The zero-order valence-electron chi connectivity index (χ0n) is 21.7. The minimum Gasteiger partial charge on any atom is -0.495 e. The van der Waals surface area contributed by atoms with Crippen LogP contribution in [0.5, 0.6) is 5.75 Å². The molecule has 1 aliphatic heterocycles. The van der Waals surface area contributed by atoms with Crippen LogP contribution in [0.4, 0.5) is 17.1 Å². The molecule has 1 heterocycles. The van der Waals surface area contributed by atoms with Gasteiger partial charge in [0.05, 0.1) is 25.0 Å². The van der Waals surface area contributed by atoms with Crippen molar-refractivity contribution in [3.8, 4) is 5.75 Å². The van der Waals surface area contributed by atoms with Crippen LogP contribution < -0.4 is 25.2 Å². The van der Waals surface area contributed by atoms with Crippen molar-refractivity contribution in [3.63, 3.8) is 0 Å². The molecule has 2 fully saturated rings. The lowest BCUT2D eigenvalue weighted by atomic mass is 10.1. The van der Waals surface area contributed by atoms with Gasteiger partial charge in [0, 0.05) is 43.6 Å². The number of piperazine rings is 1. The summed E-state index contributed by atoms with van der Waals surface area (Å²) in [5.74, 6) is 0.497. The van der Waals surface area contributed by atoms with E-state index < -0.39 is 0 Å². The first-order valence-electron chi connectivity index (χ1n) is 13.1. The van der Waals surface area contributed by atoms with Gasteiger partial charge in [-0.05, 0) is 48.7 Å². The van der Waals surface area contributed by atoms with Crippen LogP contribution in [-0.2, 0) is 16.1 Å². The summed E-state index contributed by atoms with van der Waals surface area (Å²) in [6, 6.07) is 23.6. The number of benzene rings is 3. The van der Waals surface area contributed by atoms with Crippen LogP contribution in [0.2, 0.25) is 0 Å². The smallest absolute Gasteiger partial charge is 0.253 e. The van der Waals surface area contributed by atoms with E-state index in [0.29, 0.717) is 17.9 Å². The number of carbonyl (C=O) groups is 2. The molecule has 0 radical (unpaired) electrons. The van der Waals surface area contributed by atoms with Gasteiger partial charge in [0.1, 0.15) is 12.4 Å². The Bertz CT molecular complexity index is 1250. The number of hydrogen-bond donors (Lipinski definition) is 2. The maximum atomic E-state index is 13.2. The van der Waals surface area contributed by atoms with Gasteiger partial charge in [0.2, 0.25) is 5.91 Å². The third-order valence-corrected chi connectivity index (χ3v) is 6.83. The van der Waals surface area contributed by atoms with Crippen molar-refractivity contribution in [3.05, 3.63) is 83.9 Å². The van der Waals surface area contributed by atoms with E-state index in [4.69, 9.17) is 9.47 Å². The standard InChI is InChI=1S/C30H34N4O4/c1-37-28-10-6-5-9-27(28)34-17-15-33(16-18-34)26-14-13-24(19-25(26)30(36)32-23-11-12-23)31-29(35)21-38-20-22-7-3-2-4-8-22/h2-10,13-14,19,23H,11-12,15-18,20-21H2,1H3,(H,31,35)(H,32,36). The zero-order valence-corrected chi connectivity index (χ0v) is 21.7. The summed E-state index contributed by atoms with van der Waals surface area (Å²) in [4.78, 5) is 30.3. The van der Waals surface area contributed by atoms with Crippen molar-refractivity contribution < 1.29 is 19.1 Å². The number of para-hydroxylation sites is 2. The van der Waals surface area contributed by atoms with Gasteiger partial charge >= 0.3 is 0 Å². The zero-order chi connectivity index (χ0) is 26.3. The number of nitrogens with one attached hydrogen (secondary N) is 2. The van der Waals surface area contributed by atoms with E-state index in [1.807, 2.05) is 60.7 Å². The lowest BCUT2D eigenvalue weighted by Crippen LogP contribution is -2.47. The van der Waals surface area contributed by atoms with E-state index in [1.165, 1.54) is 0 Å². The Morgan fingerprint density at radius 1 is 0.868 bits per heavy atom. The minimum absolute atomic E-state index is 0.0643. The Kier molecular flexibility index (Phi) is 8.09. The van der Waals surface area contributed by atoms with E-state index in [2.05, 4.69) is 26.5 Å². The summed E-state index contributed by atoms with van der Waals surface area (Å²) in [5.41, 5.74) is 4.12. The molecule has 0 bridgehead atoms. The Morgan fingerprint density at radius 2 is 1.55 bits per heavy atom. The summed E-state index contributed by atoms with van der Waals surface area (Å²) in [6.45, 7) is 3.44. The Morgan fingerprint density at radius 3 is 2.26 bits per heavy atom. The van der Waals surface area contributed by atoms with Crippen LogP contribution in [0.3, 0.4) is 0 Å². The second-order valence-corrected chi connectivity index (χ2v) is 9.65. The monoisotopic (exact) mass is 514 g/mol. The average Bonchev–Trinajstić information content (AvgIpc) is 3.78. The summed E-state index contributed by atoms with van der Waals surface area (Å²) < 4.78 is 11.1. The van der Waals surface area contributed by atoms with E-state index in [9.17, 15) is 9.59 Å². The Balaban J connectivity index is 1.25. The molecule has 1 aliphatic carbocycles. The quantitative estimate of drug-likeness (QED) is 0.425. The van der Waals surface area contributed by atoms with Crippen LogP contribution in [0, 0.1) is 0 Å². The molecule has 2 aliphatic rings. The molecular formula is C30H34N4O4. The predicted molar refractivity (Wildman–Crippen MR) is 149 cm³/mol. The first-order chi connectivity index (χ1) is 18.6. The van der Waals surface area contributed by atoms with Gasteiger partial charge < -0.3 is 29.9 Å². The lowest BCUT2D eigenvalue weighted by molar-refractivity contribution is -0.121. The number of ether oxygens (including phenoxy) is 2. The van der Waals surface area contributed by atoms with Crippen LogP contribution in [0.1, 0.15) is 28.8 Å². The molecule has 3 aromatic rings. The molecule has 0 atom stereocenters. The lowest BCUT2D eigenvalue weighted by Gasteiger charge is -2.38. The maximum Gasteiger partial charge on any atom is 0.253 e. The molecule has 1 saturated carbocycles. The molecule has 8 heteroatoms. The molecule has 38 heavy (non-hydrogen) atoms. The van der Waals surface area contributed by atoms with Crippen molar-refractivity contribution in [2.24, 2.45) is 0 Å². The van der Waals surface area contributed by atoms with Gasteiger partial charge in [-0.1, -0.05) is 42.5 Å². The highest BCUT2D eigenvalue weighted by molar-refractivity contribution is 6.02. The number of rotatable bonds is 10. The molecule has 1 saturated heterocycles. The van der Waals surface area contributed by atoms with Gasteiger partial charge in [-0.25, -0.2) is 0 Å². The largest absolute Gasteiger partial charge is 0.495 e. The number of amides is 2. The molecule has 8 nitrogen and oxygen atoms in total. The number of hydrogen-bond acceptors (Lipinski definition) is 6. The highest BCUT2D eigenvalue weighted by Gasteiger charge is 2.28. The van der Waals surface area contributed by atoms with Crippen molar-refractivity contribution in [2.75, 3.05) is 55.0 Å². The van der Waals surface area contributed by atoms with Gasteiger partial charge in [-0.15, -0.1) is 0 Å². The van der Waals surface area contributed by atoms with Crippen LogP contribution in [-0.4, -0.2) is 57.8 Å². The van der Waals surface area contributed by atoms with Crippen molar-refractivity contribution in [1.82, 2.24) is 5.32 Å². The second kappa shape index (κ2) is 12.0. The van der Waals surface area contributed by atoms with E-state index in [0.717, 1.165) is 61.7 Å². The van der Waals surface area contributed by atoms with Crippen molar-refractivity contribution in [1.29, 1.82) is 0 Å². The van der Waals surface area contributed by atoms with Crippen molar-refractivity contribution >= 4 is 28.9 Å². The van der Waals surface area contributed by atoms with E-state index in [1.54, 1.807) is 13.2 Å². The molecule has 0 aromatic heterocycles. The first kappa shape index (κ1) is 25.6. The van der Waals surface area contributed by atoms with E-state index >= 15 is 0 Å². The number of methoxy groups -OCH3 is 1. The van der Waals surface area contributed by atoms with Crippen molar-refractivity contribution in [2.45, 2.75) is 25.5 Å². The van der Waals surface area contributed by atoms with Gasteiger partial charge in [0.25, 0.3) is 5.91 Å². The van der Waals surface area contributed by atoms with E-state index in [-0.39, 0.29) is 24.5 Å². The molecule has 3 aromatic carbocycles. The number of nitrogens with zero attached hydrogens (tertiary/aromatic N) is 2. The molecule has 0 unspecified atom stereocenters. The fraction of sp³-hybridized carbons (Fsp3) is 0.333. The predicted octanol–water partition coefficient (Wildman–Crippen LogP) is 4.07. The molecule has 0 spiro atoms. The summed E-state index contributed by atoms with van der Waals surface area (Å²) in [6.07, 6.45) is 2.02. The van der Waals surface area contributed by atoms with Crippen LogP contribution in [0.25, 0.3) is 0 Å². The third-order valence-electron chi connectivity index (χ3n) is 6.83. The summed E-state index contributed by atoms with van der Waals surface area (Å²) in [5, 5.41) is 5.98. The number of carbonyl (C=O) groups excluding carboxylic acids is 2. The molecule has 2 amide bonds. The minimum atomic E-state index is -0.257. The number of anilines is 3. The normalized spacial score (nSPS) is 15.2. The highest BCUT2D eigenvalue weighted by atomic mass is 16.5. The second-order valence-electron chi connectivity index (χ2n) is 9.65. The Labute approximate surface area is 223 Å². The average molecular weight is 515 g/mol. The Hall–Kier alpha value is -4.04. The third kappa shape index (κ3) is 6.44. The highest BCUT2D eigenvalue weighted by Crippen LogP contribution is 2.31. The SMILES string of the molecule is COc1ccccc1N1CCN(c2ccc(NC(=O)COCc3ccccc3)cc2C(=O)NC2CC2)CC1. The fourth-order valence-electron chi connectivity index (χ4n) is 4.67. The van der Waals surface area contributed by atoms with Gasteiger partial charge in [-0.2, -0.15) is 0 Å². The first-order valence-corrected chi connectivity index (χ1v) is 13.1. The molecule has 5 rings (SSSR count). The fourth-order valence-corrected chi connectivity index (χ4v) is 4.67. The molecular weight excluding hydrogens is 480 g/mol. The van der Waals surface area contributed by atoms with Gasteiger partial charge in [0.15, 0.2) is 0 Å². The molecule has 198 valence electrons. The molecule has 2 N–H and O–H groups in total. The summed E-state index contributed by atoms with van der Waals surface area (Å²) >= 11 is 0.